The molecule has 184 valence electrons. The van der Waals surface area contributed by atoms with Gasteiger partial charge in [-0.25, -0.2) is 0 Å². The highest BCUT2D eigenvalue weighted by Crippen LogP contribution is 2.37. The molecule has 2 N–H and O–H groups in total. The van der Waals surface area contributed by atoms with Crippen LogP contribution in [0.5, 0.6) is 0 Å². The fourth-order valence-electron chi connectivity index (χ4n) is 5.55. The smallest absolute Gasteiger partial charge is 0.252 e. The Morgan fingerprint density at radius 2 is 1.75 bits per heavy atom. The number of likely N-dealkylation sites (tertiary alicyclic amines) is 1. The van der Waals surface area contributed by atoms with Crippen molar-refractivity contribution in [1.82, 2.24) is 15.2 Å². The van der Waals surface area contributed by atoms with Crippen LogP contribution < -0.4 is 5.32 Å². The first kappa shape index (κ1) is 24.3. The maximum absolute atomic E-state index is 12.9. The van der Waals surface area contributed by atoms with Gasteiger partial charge in [-0.15, -0.1) is 12.4 Å². The number of aromatic amines is 1. The Bertz CT molecular complexity index is 1470. The van der Waals surface area contributed by atoms with Crippen LogP contribution in [-0.4, -0.2) is 34.7 Å². The molecule has 0 spiro atoms. The van der Waals surface area contributed by atoms with E-state index >= 15 is 0 Å². The SMILES string of the molecule is CC(=O)c1cccc(-c2ccc(-c3cc4cc(CN5CCCCC5)ccc4[nH]3)c3c2CNC3=O)c1.Cl. The number of H-pyrrole nitrogens is 1. The Hall–Kier alpha value is -3.41. The normalized spacial score (nSPS) is 15.4. The number of halogens is 1. The van der Waals surface area contributed by atoms with Gasteiger partial charge in [-0.2, -0.15) is 0 Å². The van der Waals surface area contributed by atoms with Crippen LogP contribution in [0.2, 0.25) is 0 Å². The van der Waals surface area contributed by atoms with Crippen molar-refractivity contribution in [3.8, 4) is 22.4 Å². The lowest BCUT2D eigenvalue weighted by atomic mass is 9.91. The third-order valence-corrected chi connectivity index (χ3v) is 7.38. The number of fused-ring (bicyclic) bond motifs is 2. The number of nitrogens with one attached hydrogen (secondary N) is 2. The van der Waals surface area contributed by atoms with Crippen LogP contribution in [0.15, 0.2) is 60.7 Å². The van der Waals surface area contributed by atoms with Crippen molar-refractivity contribution in [3.05, 3.63) is 82.9 Å². The molecule has 0 saturated carbocycles. The van der Waals surface area contributed by atoms with E-state index in [0.29, 0.717) is 12.1 Å². The topological polar surface area (TPSA) is 65.2 Å². The highest BCUT2D eigenvalue weighted by atomic mass is 35.5. The first-order chi connectivity index (χ1) is 17.1. The molecule has 0 radical (unpaired) electrons. The summed E-state index contributed by atoms with van der Waals surface area (Å²) in [5, 5.41) is 4.17. The van der Waals surface area contributed by atoms with Gasteiger partial charge in [0, 0.05) is 40.8 Å². The minimum atomic E-state index is -0.0518. The minimum Gasteiger partial charge on any atom is -0.355 e. The predicted octanol–water partition coefficient (Wildman–Crippen LogP) is 6.36. The molecule has 1 amide bonds. The molecule has 1 fully saturated rings. The summed E-state index contributed by atoms with van der Waals surface area (Å²) in [6.07, 6.45) is 3.92. The number of nitrogens with zero attached hydrogens (tertiary/aromatic N) is 1. The molecule has 6 rings (SSSR count). The second kappa shape index (κ2) is 9.92. The zero-order valence-corrected chi connectivity index (χ0v) is 21.2. The summed E-state index contributed by atoms with van der Waals surface area (Å²) in [5.74, 6) is -0.0175. The van der Waals surface area contributed by atoms with Crippen LogP contribution >= 0.6 is 12.4 Å². The summed E-state index contributed by atoms with van der Waals surface area (Å²) in [6, 6.07) is 20.5. The zero-order chi connectivity index (χ0) is 23.9. The van der Waals surface area contributed by atoms with E-state index in [1.807, 2.05) is 30.3 Å². The lowest BCUT2D eigenvalue weighted by molar-refractivity contribution is 0.0965. The van der Waals surface area contributed by atoms with Gasteiger partial charge < -0.3 is 10.3 Å². The van der Waals surface area contributed by atoms with Gasteiger partial charge in [0.2, 0.25) is 0 Å². The summed E-state index contributed by atoms with van der Waals surface area (Å²) in [6.45, 7) is 5.41. The third kappa shape index (κ3) is 4.45. The van der Waals surface area contributed by atoms with Gasteiger partial charge in [-0.05, 0) is 79.4 Å². The molecule has 0 bridgehead atoms. The number of amides is 1. The first-order valence-corrected chi connectivity index (χ1v) is 12.5. The molecule has 2 aliphatic heterocycles. The van der Waals surface area contributed by atoms with Gasteiger partial charge in [0.05, 0.1) is 5.56 Å². The molecule has 0 atom stereocenters. The molecule has 1 saturated heterocycles. The molecule has 4 aromatic rings. The summed E-state index contributed by atoms with van der Waals surface area (Å²) >= 11 is 0. The maximum atomic E-state index is 12.9. The van der Waals surface area contributed by atoms with E-state index in [1.165, 1.54) is 43.3 Å². The first-order valence-electron chi connectivity index (χ1n) is 12.5. The van der Waals surface area contributed by atoms with Crippen LogP contribution in [0.4, 0.5) is 0 Å². The second-order valence-electron chi connectivity index (χ2n) is 9.78. The molecule has 3 heterocycles. The molecule has 36 heavy (non-hydrogen) atoms. The van der Waals surface area contributed by atoms with E-state index in [1.54, 1.807) is 6.92 Å². The van der Waals surface area contributed by atoms with Crippen LogP contribution in [0.1, 0.15) is 58.0 Å². The van der Waals surface area contributed by atoms with Crippen molar-refractivity contribution in [2.45, 2.75) is 39.3 Å². The van der Waals surface area contributed by atoms with E-state index in [-0.39, 0.29) is 24.1 Å². The quantitative estimate of drug-likeness (QED) is 0.314. The maximum Gasteiger partial charge on any atom is 0.252 e. The lowest BCUT2D eigenvalue weighted by Crippen LogP contribution is -2.28. The summed E-state index contributed by atoms with van der Waals surface area (Å²) in [7, 11) is 0. The van der Waals surface area contributed by atoms with Gasteiger partial charge in [0.25, 0.3) is 5.91 Å². The summed E-state index contributed by atoms with van der Waals surface area (Å²) in [4.78, 5) is 30.9. The molecule has 5 nitrogen and oxygen atoms in total. The number of ketones is 1. The van der Waals surface area contributed by atoms with Crippen molar-refractivity contribution < 1.29 is 9.59 Å². The van der Waals surface area contributed by atoms with E-state index in [4.69, 9.17) is 0 Å². The van der Waals surface area contributed by atoms with Crippen molar-refractivity contribution >= 4 is 35.0 Å². The van der Waals surface area contributed by atoms with Gasteiger partial charge in [0.15, 0.2) is 5.78 Å². The van der Waals surface area contributed by atoms with Gasteiger partial charge in [-0.3, -0.25) is 14.5 Å². The van der Waals surface area contributed by atoms with Crippen molar-refractivity contribution in [3.63, 3.8) is 0 Å². The highest BCUT2D eigenvalue weighted by molar-refractivity contribution is 6.07. The summed E-state index contributed by atoms with van der Waals surface area (Å²) < 4.78 is 0. The Morgan fingerprint density at radius 3 is 2.56 bits per heavy atom. The molecule has 1 aromatic heterocycles. The molecular formula is C30H30ClN3O2. The zero-order valence-electron chi connectivity index (χ0n) is 20.4. The van der Waals surface area contributed by atoms with Crippen molar-refractivity contribution in [2.24, 2.45) is 0 Å². The van der Waals surface area contributed by atoms with Crippen LogP contribution in [0.3, 0.4) is 0 Å². The lowest BCUT2D eigenvalue weighted by Gasteiger charge is -2.26. The fourth-order valence-corrected chi connectivity index (χ4v) is 5.55. The molecule has 6 heteroatoms. The number of piperidine rings is 1. The Morgan fingerprint density at radius 1 is 0.944 bits per heavy atom. The van der Waals surface area contributed by atoms with Crippen LogP contribution in [-0.2, 0) is 13.1 Å². The number of hydrogen-bond acceptors (Lipinski definition) is 3. The van der Waals surface area contributed by atoms with Crippen LogP contribution in [0.25, 0.3) is 33.3 Å². The van der Waals surface area contributed by atoms with E-state index in [2.05, 4.69) is 45.5 Å². The number of hydrogen-bond donors (Lipinski definition) is 2. The van der Waals surface area contributed by atoms with E-state index in [0.717, 1.165) is 45.6 Å². The Kier molecular flexibility index (Phi) is 6.69. The molecule has 3 aromatic carbocycles. The molecule has 2 aliphatic rings. The summed E-state index contributed by atoms with van der Waals surface area (Å²) in [5.41, 5.74) is 8.59. The Balaban J connectivity index is 0.00000267. The average Bonchev–Trinajstić information content (AvgIpc) is 3.48. The number of aromatic nitrogens is 1. The molecule has 0 aliphatic carbocycles. The predicted molar refractivity (Wildman–Crippen MR) is 147 cm³/mol. The van der Waals surface area contributed by atoms with E-state index < -0.39 is 0 Å². The minimum absolute atomic E-state index is 0. The average molecular weight is 500 g/mol. The highest BCUT2D eigenvalue weighted by Gasteiger charge is 2.27. The second-order valence-corrected chi connectivity index (χ2v) is 9.78. The van der Waals surface area contributed by atoms with Crippen molar-refractivity contribution in [2.75, 3.05) is 13.1 Å². The van der Waals surface area contributed by atoms with Gasteiger partial charge in [-0.1, -0.05) is 42.8 Å². The number of carbonyl (C=O) groups is 2. The van der Waals surface area contributed by atoms with Crippen LogP contribution in [0, 0.1) is 0 Å². The monoisotopic (exact) mass is 499 g/mol. The molecular weight excluding hydrogens is 470 g/mol. The van der Waals surface area contributed by atoms with Crippen molar-refractivity contribution in [1.29, 1.82) is 0 Å². The standard InChI is InChI=1S/C30H29N3O2.ClH/c1-19(34)21-6-5-7-22(15-21)24-9-10-25(29-26(24)17-31-30(29)35)28-16-23-14-20(8-11-27(23)32-28)18-33-12-3-2-4-13-33;/h5-11,14-16,32H,2-4,12-13,17-18H2,1H3,(H,31,35);1H. The number of Topliss-reactive ketones (excluding diaryl/α,β-unsaturated/α-hetero) is 1. The van der Waals surface area contributed by atoms with E-state index in [9.17, 15) is 9.59 Å². The Labute approximate surface area is 217 Å². The third-order valence-electron chi connectivity index (χ3n) is 7.38. The largest absolute Gasteiger partial charge is 0.355 e. The number of rotatable bonds is 5. The fraction of sp³-hybridized carbons (Fsp3) is 0.267. The van der Waals surface area contributed by atoms with Gasteiger partial charge >= 0.3 is 0 Å². The van der Waals surface area contributed by atoms with Gasteiger partial charge in [0.1, 0.15) is 0 Å². The molecule has 0 unspecified atom stereocenters. The number of carbonyl (C=O) groups excluding carboxylic acids is 2. The number of benzene rings is 3.